The van der Waals surface area contributed by atoms with Gasteiger partial charge in [-0.25, -0.2) is 0 Å². The molecule has 0 spiro atoms. The van der Waals surface area contributed by atoms with E-state index < -0.39 is 0 Å². The third-order valence-corrected chi connectivity index (χ3v) is 4.94. The summed E-state index contributed by atoms with van der Waals surface area (Å²) in [5.74, 6) is -0.165. The van der Waals surface area contributed by atoms with Crippen molar-refractivity contribution in [2.45, 2.75) is 19.3 Å². The number of anilines is 4. The van der Waals surface area contributed by atoms with Crippen molar-refractivity contribution in [1.82, 2.24) is 4.98 Å². The Morgan fingerprint density at radius 1 is 0.821 bits per heavy atom. The van der Waals surface area contributed by atoms with E-state index in [-0.39, 0.29) is 5.91 Å². The van der Waals surface area contributed by atoms with Crippen molar-refractivity contribution in [3.05, 3.63) is 78.6 Å². The molecule has 5 heteroatoms. The van der Waals surface area contributed by atoms with Crippen molar-refractivity contribution < 1.29 is 4.79 Å². The van der Waals surface area contributed by atoms with Crippen LogP contribution in [-0.4, -0.2) is 24.0 Å². The minimum absolute atomic E-state index is 0.165. The number of carbonyl (C=O) groups is 1. The largest absolute Gasteiger partial charge is 0.372 e. The minimum atomic E-state index is -0.165. The lowest BCUT2D eigenvalue weighted by Gasteiger charge is -2.28. The molecule has 1 aliphatic rings. The number of benzene rings is 2. The average molecular weight is 372 g/mol. The summed E-state index contributed by atoms with van der Waals surface area (Å²) in [5, 5.41) is 6.29. The monoisotopic (exact) mass is 372 g/mol. The third kappa shape index (κ3) is 4.49. The van der Waals surface area contributed by atoms with E-state index in [1.165, 1.54) is 24.9 Å². The molecule has 0 radical (unpaired) electrons. The van der Waals surface area contributed by atoms with Gasteiger partial charge >= 0.3 is 0 Å². The summed E-state index contributed by atoms with van der Waals surface area (Å²) in [6.45, 7) is 2.30. The molecule has 1 aromatic heterocycles. The Balaban J connectivity index is 1.36. The minimum Gasteiger partial charge on any atom is -0.372 e. The highest BCUT2D eigenvalue weighted by atomic mass is 16.1. The second kappa shape index (κ2) is 8.57. The van der Waals surface area contributed by atoms with E-state index in [0.29, 0.717) is 5.56 Å². The SMILES string of the molecule is O=C(Nc1ccc(Nc2ccc(N3CCCCC3)cc2)cc1)c1cccnc1. The molecule has 1 fully saturated rings. The lowest BCUT2D eigenvalue weighted by Crippen LogP contribution is -2.29. The number of hydrogen-bond donors (Lipinski definition) is 2. The topological polar surface area (TPSA) is 57.3 Å². The van der Waals surface area contributed by atoms with E-state index in [1.807, 2.05) is 24.3 Å². The molecule has 2 N–H and O–H groups in total. The van der Waals surface area contributed by atoms with E-state index in [9.17, 15) is 4.79 Å². The molecule has 2 heterocycles. The van der Waals surface area contributed by atoms with Crippen molar-refractivity contribution in [2.75, 3.05) is 28.6 Å². The van der Waals surface area contributed by atoms with Gasteiger partial charge in [0.05, 0.1) is 5.56 Å². The number of nitrogens with zero attached hydrogens (tertiary/aromatic N) is 2. The molecule has 0 atom stereocenters. The van der Waals surface area contributed by atoms with Crippen molar-refractivity contribution in [3.8, 4) is 0 Å². The van der Waals surface area contributed by atoms with Gasteiger partial charge in [0.25, 0.3) is 5.91 Å². The molecule has 0 bridgehead atoms. The van der Waals surface area contributed by atoms with Crippen LogP contribution in [-0.2, 0) is 0 Å². The number of hydrogen-bond acceptors (Lipinski definition) is 4. The predicted octanol–water partition coefficient (Wildman–Crippen LogP) is 5.07. The summed E-state index contributed by atoms with van der Waals surface area (Å²) in [7, 11) is 0. The first-order chi connectivity index (χ1) is 13.8. The number of amides is 1. The molecule has 1 saturated heterocycles. The number of pyridine rings is 1. The number of rotatable bonds is 5. The Morgan fingerprint density at radius 3 is 2.11 bits per heavy atom. The molecule has 0 saturated carbocycles. The molecule has 1 amide bonds. The van der Waals surface area contributed by atoms with Crippen LogP contribution >= 0.6 is 0 Å². The van der Waals surface area contributed by atoms with Crippen LogP contribution in [0.2, 0.25) is 0 Å². The van der Waals surface area contributed by atoms with Crippen LogP contribution in [0.15, 0.2) is 73.1 Å². The summed E-state index contributed by atoms with van der Waals surface area (Å²) < 4.78 is 0. The first-order valence-corrected chi connectivity index (χ1v) is 9.71. The summed E-state index contributed by atoms with van der Waals surface area (Å²) in [4.78, 5) is 18.6. The zero-order valence-corrected chi connectivity index (χ0v) is 15.8. The van der Waals surface area contributed by atoms with E-state index >= 15 is 0 Å². The van der Waals surface area contributed by atoms with Gasteiger partial charge in [-0.05, 0) is 79.9 Å². The molecule has 142 valence electrons. The highest BCUT2D eigenvalue weighted by Gasteiger charge is 2.10. The Bertz CT molecular complexity index is 902. The second-order valence-corrected chi connectivity index (χ2v) is 6.99. The summed E-state index contributed by atoms with van der Waals surface area (Å²) >= 11 is 0. The van der Waals surface area contributed by atoms with Gasteiger partial charge in [-0.3, -0.25) is 9.78 Å². The van der Waals surface area contributed by atoms with E-state index in [4.69, 9.17) is 0 Å². The molecule has 0 unspecified atom stereocenters. The lowest BCUT2D eigenvalue weighted by molar-refractivity contribution is 0.102. The van der Waals surface area contributed by atoms with Crippen LogP contribution in [0.1, 0.15) is 29.6 Å². The number of piperidine rings is 1. The normalized spacial score (nSPS) is 13.8. The maximum absolute atomic E-state index is 12.2. The molecule has 0 aliphatic carbocycles. The molecule has 2 aromatic carbocycles. The standard InChI is InChI=1S/C23H24N4O/c28-23(18-5-4-14-24-17-18)26-21-8-6-19(7-9-21)25-20-10-12-22(13-11-20)27-15-2-1-3-16-27/h4-14,17,25H,1-3,15-16H2,(H,26,28). The molecule has 4 rings (SSSR count). The fraction of sp³-hybridized carbons (Fsp3) is 0.217. The van der Waals surface area contributed by atoms with Gasteiger partial charge in [-0.15, -0.1) is 0 Å². The van der Waals surface area contributed by atoms with Gasteiger partial charge in [-0.1, -0.05) is 0 Å². The van der Waals surface area contributed by atoms with E-state index in [0.717, 1.165) is 30.2 Å². The van der Waals surface area contributed by atoms with Gasteiger partial charge in [-0.2, -0.15) is 0 Å². The van der Waals surface area contributed by atoms with Crippen molar-refractivity contribution in [2.24, 2.45) is 0 Å². The van der Waals surface area contributed by atoms with Crippen molar-refractivity contribution >= 4 is 28.7 Å². The second-order valence-electron chi connectivity index (χ2n) is 6.99. The average Bonchev–Trinajstić information content (AvgIpc) is 2.77. The van der Waals surface area contributed by atoms with Gasteiger partial charge < -0.3 is 15.5 Å². The lowest BCUT2D eigenvalue weighted by atomic mass is 10.1. The maximum atomic E-state index is 12.2. The Kier molecular flexibility index (Phi) is 5.52. The van der Waals surface area contributed by atoms with Gasteiger partial charge in [0.2, 0.25) is 0 Å². The van der Waals surface area contributed by atoms with E-state index in [2.05, 4.69) is 44.8 Å². The quantitative estimate of drug-likeness (QED) is 0.657. The fourth-order valence-corrected chi connectivity index (χ4v) is 3.41. The molecular formula is C23H24N4O. The smallest absolute Gasteiger partial charge is 0.257 e. The zero-order valence-electron chi connectivity index (χ0n) is 15.8. The van der Waals surface area contributed by atoms with Crippen LogP contribution in [0.4, 0.5) is 22.7 Å². The fourth-order valence-electron chi connectivity index (χ4n) is 3.41. The predicted molar refractivity (Wildman–Crippen MR) is 114 cm³/mol. The first-order valence-electron chi connectivity index (χ1n) is 9.71. The van der Waals surface area contributed by atoms with Gasteiger partial charge in [0.15, 0.2) is 0 Å². The van der Waals surface area contributed by atoms with Crippen molar-refractivity contribution in [3.63, 3.8) is 0 Å². The van der Waals surface area contributed by atoms with Crippen LogP contribution in [0.3, 0.4) is 0 Å². The molecule has 5 nitrogen and oxygen atoms in total. The van der Waals surface area contributed by atoms with Crippen LogP contribution < -0.4 is 15.5 Å². The summed E-state index contributed by atoms with van der Waals surface area (Å²) in [5.41, 5.74) is 4.61. The van der Waals surface area contributed by atoms with Crippen LogP contribution in [0.5, 0.6) is 0 Å². The summed E-state index contributed by atoms with van der Waals surface area (Å²) in [6, 6.07) is 19.8. The Morgan fingerprint density at radius 2 is 1.46 bits per heavy atom. The van der Waals surface area contributed by atoms with Gasteiger partial charge in [0, 0.05) is 48.2 Å². The maximum Gasteiger partial charge on any atom is 0.257 e. The Labute approximate surface area is 165 Å². The highest BCUT2D eigenvalue weighted by Crippen LogP contribution is 2.24. The van der Waals surface area contributed by atoms with Crippen LogP contribution in [0.25, 0.3) is 0 Å². The third-order valence-electron chi connectivity index (χ3n) is 4.94. The van der Waals surface area contributed by atoms with Crippen molar-refractivity contribution in [1.29, 1.82) is 0 Å². The number of nitrogens with one attached hydrogen (secondary N) is 2. The molecule has 28 heavy (non-hydrogen) atoms. The van der Waals surface area contributed by atoms with Gasteiger partial charge in [0.1, 0.15) is 0 Å². The number of aromatic nitrogens is 1. The van der Waals surface area contributed by atoms with E-state index in [1.54, 1.807) is 24.5 Å². The molecule has 1 aliphatic heterocycles. The molecular weight excluding hydrogens is 348 g/mol. The first kappa shape index (κ1) is 18.0. The zero-order chi connectivity index (χ0) is 19.2. The molecule has 3 aromatic rings. The Hall–Kier alpha value is -3.34. The summed E-state index contributed by atoms with van der Waals surface area (Å²) in [6.07, 6.45) is 7.11. The van der Waals surface area contributed by atoms with Crippen LogP contribution in [0, 0.1) is 0 Å². The number of carbonyl (C=O) groups excluding carboxylic acids is 1. The highest BCUT2D eigenvalue weighted by molar-refractivity contribution is 6.04.